The molecule has 0 amide bonds. The van der Waals surface area contributed by atoms with Crippen molar-refractivity contribution in [2.45, 2.75) is 60.5 Å². The Balaban J connectivity index is 1.58. The summed E-state index contributed by atoms with van der Waals surface area (Å²) in [5, 5.41) is 0. The summed E-state index contributed by atoms with van der Waals surface area (Å²) in [4.78, 5) is 30.4. The summed E-state index contributed by atoms with van der Waals surface area (Å²) in [6.45, 7) is 17.6. The Morgan fingerprint density at radius 1 is 0.706 bits per heavy atom. The third-order valence-electron chi connectivity index (χ3n) is 9.98. The number of H-pyrrole nitrogens is 2. The molecule has 0 spiro atoms. The lowest BCUT2D eigenvalue weighted by Gasteiger charge is -2.24. The zero-order valence-electron chi connectivity index (χ0n) is 30.0. The van der Waals surface area contributed by atoms with Crippen LogP contribution in [0.25, 0.3) is 80.4 Å². The topological polar surface area (TPSA) is 96.2 Å². The number of fused-ring (bicyclic) bond motifs is 8. The van der Waals surface area contributed by atoms with Gasteiger partial charge in [-0.25, -0.2) is 19.9 Å². The van der Waals surface area contributed by atoms with E-state index in [-0.39, 0.29) is 0 Å². The molecule has 0 saturated carbocycles. The van der Waals surface area contributed by atoms with Crippen LogP contribution in [0.1, 0.15) is 81.4 Å². The minimum Gasteiger partial charge on any atom is -0.354 e. The van der Waals surface area contributed by atoms with Crippen molar-refractivity contribution in [3.05, 3.63) is 107 Å². The first-order valence-corrected chi connectivity index (χ1v) is 17.9. The van der Waals surface area contributed by atoms with Crippen molar-refractivity contribution in [1.82, 2.24) is 43.9 Å². The van der Waals surface area contributed by atoms with E-state index in [4.69, 9.17) is 19.9 Å². The molecule has 3 aliphatic heterocycles. The average Bonchev–Trinajstić information content (AvgIpc) is 3.98. The Kier molecular flexibility index (Phi) is 8.26. The normalized spacial score (nSPS) is 14.2. The van der Waals surface area contributed by atoms with E-state index in [1.165, 1.54) is 11.3 Å². The number of allylic oxidation sites excluding steroid dienone is 3. The van der Waals surface area contributed by atoms with Gasteiger partial charge < -0.3 is 24.0 Å². The number of aromatic amines is 2. The number of hydrogen-bond donors (Lipinski definition) is 2. The molecule has 0 atom stereocenters. The number of hydrogen-bond acceptors (Lipinski definition) is 5. The van der Waals surface area contributed by atoms with Gasteiger partial charge in [0.1, 0.15) is 11.6 Å². The van der Waals surface area contributed by atoms with Crippen LogP contribution in [0.4, 0.5) is 0 Å². The van der Waals surface area contributed by atoms with E-state index < -0.39 is 0 Å². The maximum Gasteiger partial charge on any atom is 0.144 e. The van der Waals surface area contributed by atoms with Crippen molar-refractivity contribution in [1.29, 1.82) is 0 Å². The van der Waals surface area contributed by atoms with Gasteiger partial charge in [-0.15, -0.1) is 0 Å². The van der Waals surface area contributed by atoms with Gasteiger partial charge in [0, 0.05) is 67.3 Å². The predicted octanol–water partition coefficient (Wildman–Crippen LogP) is 9.82. The number of imidazole rings is 2. The number of nitrogens with zero attached hydrogens (tertiary/aromatic N) is 7. The zero-order chi connectivity index (χ0) is 35.2. The first-order chi connectivity index (χ1) is 24.9. The summed E-state index contributed by atoms with van der Waals surface area (Å²) in [7, 11) is 0. The molecular weight excluding hydrogens is 631 g/mol. The van der Waals surface area contributed by atoms with Gasteiger partial charge in [-0.05, 0) is 107 Å². The highest BCUT2D eigenvalue weighted by Gasteiger charge is 2.24. The minimum atomic E-state index is 0.777. The Morgan fingerprint density at radius 3 is 1.78 bits per heavy atom. The summed E-state index contributed by atoms with van der Waals surface area (Å²) >= 11 is 0. The van der Waals surface area contributed by atoms with Crippen molar-refractivity contribution in [2.24, 2.45) is 0 Å². The van der Waals surface area contributed by atoms with Gasteiger partial charge in [0.05, 0.1) is 56.1 Å². The van der Waals surface area contributed by atoms with Crippen LogP contribution in [0.15, 0.2) is 73.5 Å². The summed E-state index contributed by atoms with van der Waals surface area (Å²) in [5.74, 6) is 1.70. The molecule has 8 bridgehead atoms. The van der Waals surface area contributed by atoms with Gasteiger partial charge in [0.15, 0.2) is 0 Å². The van der Waals surface area contributed by atoms with E-state index in [2.05, 4.69) is 119 Å². The van der Waals surface area contributed by atoms with E-state index >= 15 is 0 Å². The lowest BCUT2D eigenvalue weighted by molar-refractivity contribution is 0.560. The van der Waals surface area contributed by atoms with Crippen LogP contribution in [0.5, 0.6) is 0 Å². The highest BCUT2D eigenvalue weighted by Crippen LogP contribution is 2.38. The Bertz CT molecular complexity index is 2490. The SMILES string of the molecule is C=C(C)c1c2nc(c(C3=C(C)CCC=CN3CC)c3ccc([nH]3)c(-c3nccn3CC)c3nc(c(-c4nccn4CC)c4ccc1[nH]4)C=C3)C=C2. The van der Waals surface area contributed by atoms with Crippen LogP contribution in [-0.2, 0) is 13.1 Å². The number of nitrogens with one attached hydrogen (secondary N) is 2. The second-order valence-electron chi connectivity index (χ2n) is 13.2. The molecule has 8 rings (SSSR count). The van der Waals surface area contributed by atoms with Crippen LogP contribution < -0.4 is 0 Å². The molecule has 0 radical (unpaired) electrons. The fraction of sp³-hybridized carbons (Fsp3) is 0.238. The lowest BCUT2D eigenvalue weighted by Crippen LogP contribution is -2.16. The van der Waals surface area contributed by atoms with Crippen LogP contribution in [-0.4, -0.2) is 50.5 Å². The molecule has 0 aromatic carbocycles. The predicted molar refractivity (Wildman–Crippen MR) is 211 cm³/mol. The molecule has 0 aliphatic carbocycles. The molecule has 0 fully saturated rings. The van der Waals surface area contributed by atoms with E-state index in [0.717, 1.165) is 117 Å². The molecule has 9 nitrogen and oxygen atoms in total. The second-order valence-corrected chi connectivity index (χ2v) is 13.2. The molecule has 0 saturated heterocycles. The quantitative estimate of drug-likeness (QED) is 0.176. The maximum atomic E-state index is 5.39. The molecule has 9 heteroatoms. The van der Waals surface area contributed by atoms with Crippen LogP contribution in [0.2, 0.25) is 0 Å². The number of aryl methyl sites for hydroxylation is 2. The molecule has 5 aromatic heterocycles. The van der Waals surface area contributed by atoms with E-state index in [1.54, 1.807) is 0 Å². The Labute approximate surface area is 298 Å². The molecule has 3 aliphatic rings. The molecule has 256 valence electrons. The van der Waals surface area contributed by atoms with E-state index in [9.17, 15) is 0 Å². The standard InChI is InChI=1S/C42H43N9/c1-7-49-23-11-10-12-27(6)40(49)37-30-15-13-28(45-30)36(26(4)5)29-14-17-32(46-29)38(41-43-21-24-50(41)8-2)34-19-20-35(48-34)39(33-18-16-31(37)47-33)42-44-22-25-51(42)9-3/h11,13-25,46-47H,4,7-10,12H2,1-3,5-6H3. The van der Waals surface area contributed by atoms with Gasteiger partial charge in [0.25, 0.3) is 0 Å². The molecule has 8 heterocycles. The van der Waals surface area contributed by atoms with Gasteiger partial charge >= 0.3 is 0 Å². The van der Waals surface area contributed by atoms with Crippen molar-refractivity contribution >= 4 is 57.6 Å². The van der Waals surface area contributed by atoms with Gasteiger partial charge in [-0.2, -0.15) is 0 Å². The fourth-order valence-electron chi connectivity index (χ4n) is 7.52. The van der Waals surface area contributed by atoms with Crippen LogP contribution >= 0.6 is 0 Å². The number of aromatic nitrogens is 8. The average molecular weight is 674 g/mol. The van der Waals surface area contributed by atoms with Crippen molar-refractivity contribution in [2.75, 3.05) is 6.54 Å². The summed E-state index contributed by atoms with van der Waals surface area (Å²) in [5.41, 5.74) is 14.5. The van der Waals surface area contributed by atoms with Crippen LogP contribution in [0.3, 0.4) is 0 Å². The summed E-state index contributed by atoms with van der Waals surface area (Å²) < 4.78 is 4.32. The molecule has 2 N–H and O–H groups in total. The second kappa shape index (κ2) is 13.1. The third kappa shape index (κ3) is 5.49. The highest BCUT2D eigenvalue weighted by molar-refractivity contribution is 5.97. The molecular formula is C42H43N9. The smallest absolute Gasteiger partial charge is 0.144 e. The van der Waals surface area contributed by atoms with Crippen molar-refractivity contribution < 1.29 is 0 Å². The molecule has 0 unspecified atom stereocenters. The third-order valence-corrected chi connectivity index (χ3v) is 9.98. The highest BCUT2D eigenvalue weighted by atomic mass is 15.1. The van der Waals surface area contributed by atoms with Crippen molar-refractivity contribution in [3.63, 3.8) is 0 Å². The number of rotatable bonds is 7. The van der Waals surface area contributed by atoms with E-state index in [0.29, 0.717) is 0 Å². The van der Waals surface area contributed by atoms with Gasteiger partial charge in [-0.3, -0.25) is 0 Å². The van der Waals surface area contributed by atoms with Gasteiger partial charge in [-0.1, -0.05) is 12.7 Å². The summed E-state index contributed by atoms with van der Waals surface area (Å²) in [6, 6.07) is 8.57. The van der Waals surface area contributed by atoms with E-state index in [1.807, 2.05) is 31.7 Å². The molecule has 51 heavy (non-hydrogen) atoms. The Hall–Kier alpha value is -5.96. The Morgan fingerprint density at radius 2 is 1.22 bits per heavy atom. The van der Waals surface area contributed by atoms with Crippen molar-refractivity contribution in [3.8, 4) is 22.8 Å². The maximum absolute atomic E-state index is 5.39. The first kappa shape index (κ1) is 32.3. The first-order valence-electron chi connectivity index (χ1n) is 17.9. The largest absolute Gasteiger partial charge is 0.354 e. The monoisotopic (exact) mass is 673 g/mol. The zero-order valence-corrected chi connectivity index (χ0v) is 30.0. The lowest BCUT2D eigenvalue weighted by atomic mass is 10.0. The fourth-order valence-corrected chi connectivity index (χ4v) is 7.52. The van der Waals surface area contributed by atoms with Crippen LogP contribution in [0, 0.1) is 0 Å². The summed E-state index contributed by atoms with van der Waals surface area (Å²) in [6.07, 6.45) is 22.7. The minimum absolute atomic E-state index is 0.777. The molecule has 5 aromatic rings. The van der Waals surface area contributed by atoms with Gasteiger partial charge in [0.2, 0.25) is 0 Å².